The van der Waals surface area contributed by atoms with E-state index in [1.807, 2.05) is 13.8 Å². The van der Waals surface area contributed by atoms with Crippen molar-refractivity contribution in [2.75, 3.05) is 17.5 Å². The quantitative estimate of drug-likeness (QED) is 0.256. The van der Waals surface area contributed by atoms with Crippen LogP contribution in [0.1, 0.15) is 39.7 Å². The van der Waals surface area contributed by atoms with E-state index in [4.69, 9.17) is 27.9 Å². The van der Waals surface area contributed by atoms with Gasteiger partial charge in [0, 0.05) is 22.6 Å². The van der Waals surface area contributed by atoms with Gasteiger partial charge in [-0.1, -0.05) is 54.4 Å². The van der Waals surface area contributed by atoms with E-state index in [1.54, 1.807) is 62.4 Å². The maximum atomic E-state index is 14.1. The van der Waals surface area contributed by atoms with Crippen LogP contribution in [0.2, 0.25) is 10.0 Å². The minimum atomic E-state index is -4.26. The predicted octanol–water partition coefficient (Wildman–Crippen LogP) is 5.92. The van der Waals surface area contributed by atoms with E-state index in [-0.39, 0.29) is 35.7 Å². The van der Waals surface area contributed by atoms with Crippen LogP contribution >= 0.6 is 23.2 Å². The number of carbonyl (C=O) groups is 2. The van der Waals surface area contributed by atoms with Crippen molar-refractivity contribution in [2.24, 2.45) is 0 Å². The Morgan fingerprint density at radius 2 is 1.49 bits per heavy atom. The Kier molecular flexibility index (Phi) is 11.5. The first-order valence-corrected chi connectivity index (χ1v) is 15.5. The van der Waals surface area contributed by atoms with Gasteiger partial charge < -0.3 is 15.0 Å². The maximum Gasteiger partial charge on any atom is 0.264 e. The lowest BCUT2D eigenvalue weighted by Gasteiger charge is -2.33. The zero-order valence-electron chi connectivity index (χ0n) is 23.5. The molecule has 0 aliphatic heterocycles. The fourth-order valence-corrected chi connectivity index (χ4v) is 5.70. The molecule has 3 aromatic carbocycles. The molecule has 41 heavy (non-hydrogen) atoms. The Labute approximate surface area is 252 Å². The largest absolute Gasteiger partial charge is 0.492 e. The smallest absolute Gasteiger partial charge is 0.264 e. The number of halogens is 2. The summed E-state index contributed by atoms with van der Waals surface area (Å²) in [6.45, 7) is 7.00. The molecule has 2 atom stereocenters. The second kappa shape index (κ2) is 14.6. The molecular weight excluding hydrogens is 585 g/mol. The van der Waals surface area contributed by atoms with Crippen molar-refractivity contribution in [2.45, 2.75) is 57.6 Å². The second-order valence-electron chi connectivity index (χ2n) is 9.51. The van der Waals surface area contributed by atoms with Crippen LogP contribution in [0.25, 0.3) is 0 Å². The SMILES string of the molecule is CCOc1ccccc1N(CC(=O)N(Cc1ccc(Cl)cc1)[C@@H](C)C(=O)N[C@H](C)CC)S(=O)(=O)c1ccc(Cl)cc1. The summed E-state index contributed by atoms with van der Waals surface area (Å²) in [5, 5.41) is 3.81. The monoisotopic (exact) mass is 619 g/mol. The van der Waals surface area contributed by atoms with Crippen molar-refractivity contribution in [3.63, 3.8) is 0 Å². The molecule has 0 bridgehead atoms. The highest BCUT2D eigenvalue weighted by atomic mass is 35.5. The molecule has 0 saturated heterocycles. The number of nitrogens with zero attached hydrogens (tertiary/aromatic N) is 2. The molecule has 0 heterocycles. The highest BCUT2D eigenvalue weighted by Crippen LogP contribution is 2.33. The third kappa shape index (κ3) is 8.38. The van der Waals surface area contributed by atoms with Crippen LogP contribution in [0, 0.1) is 0 Å². The molecule has 2 amide bonds. The maximum absolute atomic E-state index is 14.1. The van der Waals surface area contributed by atoms with Gasteiger partial charge in [0.2, 0.25) is 11.8 Å². The Balaban J connectivity index is 2.07. The molecule has 0 radical (unpaired) electrons. The van der Waals surface area contributed by atoms with Crippen LogP contribution in [0.15, 0.2) is 77.7 Å². The summed E-state index contributed by atoms with van der Waals surface area (Å²) >= 11 is 12.1. The molecule has 0 aliphatic carbocycles. The Hall–Kier alpha value is -3.27. The van der Waals surface area contributed by atoms with Crippen molar-refractivity contribution in [3.8, 4) is 5.75 Å². The summed E-state index contributed by atoms with van der Waals surface area (Å²) in [6.07, 6.45) is 0.713. The number of rotatable bonds is 13. The summed E-state index contributed by atoms with van der Waals surface area (Å²) < 4.78 is 34.8. The molecule has 220 valence electrons. The lowest BCUT2D eigenvalue weighted by molar-refractivity contribution is -0.139. The fourth-order valence-electron chi connectivity index (χ4n) is 4.02. The number of ether oxygens (including phenoxy) is 1. The molecule has 3 aromatic rings. The van der Waals surface area contributed by atoms with Gasteiger partial charge in [0.1, 0.15) is 18.3 Å². The Morgan fingerprint density at radius 1 is 0.902 bits per heavy atom. The first kappa shape index (κ1) is 32.2. The summed E-state index contributed by atoms with van der Waals surface area (Å²) in [5.74, 6) is -0.619. The van der Waals surface area contributed by atoms with Crippen LogP contribution in [0.4, 0.5) is 5.69 Å². The van der Waals surface area contributed by atoms with Gasteiger partial charge >= 0.3 is 0 Å². The first-order chi connectivity index (χ1) is 19.5. The third-order valence-electron chi connectivity index (χ3n) is 6.55. The normalized spacial score (nSPS) is 12.7. The van der Waals surface area contributed by atoms with E-state index in [2.05, 4.69) is 5.32 Å². The molecule has 0 aromatic heterocycles. The van der Waals surface area contributed by atoms with Crippen molar-refractivity contribution in [1.82, 2.24) is 10.2 Å². The Bertz CT molecular complexity index is 1430. The van der Waals surface area contributed by atoms with Gasteiger partial charge in [-0.2, -0.15) is 0 Å². The summed E-state index contributed by atoms with van der Waals surface area (Å²) in [4.78, 5) is 28.5. The highest BCUT2D eigenvalue weighted by Gasteiger charge is 2.34. The number of benzene rings is 3. The van der Waals surface area contributed by atoms with Gasteiger partial charge in [-0.25, -0.2) is 8.42 Å². The number of hydrogen-bond donors (Lipinski definition) is 1. The molecule has 0 fully saturated rings. The second-order valence-corrected chi connectivity index (χ2v) is 12.2. The summed E-state index contributed by atoms with van der Waals surface area (Å²) in [6, 6.07) is 18.2. The van der Waals surface area contributed by atoms with E-state index in [0.717, 1.165) is 9.87 Å². The number of hydrogen-bond acceptors (Lipinski definition) is 5. The van der Waals surface area contributed by atoms with Gasteiger partial charge in [0.25, 0.3) is 10.0 Å². The highest BCUT2D eigenvalue weighted by molar-refractivity contribution is 7.92. The van der Waals surface area contributed by atoms with Gasteiger partial charge in [-0.05, 0) is 81.3 Å². The van der Waals surface area contributed by atoms with Gasteiger partial charge in [0.15, 0.2) is 0 Å². The van der Waals surface area contributed by atoms with Crippen molar-refractivity contribution < 1.29 is 22.7 Å². The molecule has 0 aliphatic rings. The van der Waals surface area contributed by atoms with E-state index in [1.165, 1.54) is 29.2 Å². The van der Waals surface area contributed by atoms with Gasteiger partial charge in [0.05, 0.1) is 17.2 Å². The first-order valence-electron chi connectivity index (χ1n) is 13.3. The van der Waals surface area contributed by atoms with E-state index < -0.39 is 28.5 Å². The van der Waals surface area contributed by atoms with Crippen molar-refractivity contribution >= 4 is 50.7 Å². The van der Waals surface area contributed by atoms with Gasteiger partial charge in [-0.15, -0.1) is 0 Å². The molecule has 3 rings (SSSR count). The van der Waals surface area contributed by atoms with Gasteiger partial charge in [-0.3, -0.25) is 13.9 Å². The number of para-hydroxylation sites is 2. The van der Waals surface area contributed by atoms with E-state index in [9.17, 15) is 18.0 Å². The average Bonchev–Trinajstić information content (AvgIpc) is 2.95. The molecule has 1 N–H and O–H groups in total. The predicted molar refractivity (Wildman–Crippen MR) is 163 cm³/mol. The Morgan fingerprint density at radius 3 is 2.07 bits per heavy atom. The van der Waals surface area contributed by atoms with Crippen LogP contribution < -0.4 is 14.4 Å². The minimum Gasteiger partial charge on any atom is -0.492 e. The number of anilines is 1. The third-order valence-corrected chi connectivity index (χ3v) is 8.83. The van der Waals surface area contributed by atoms with E-state index >= 15 is 0 Å². The number of sulfonamides is 1. The lowest BCUT2D eigenvalue weighted by atomic mass is 10.1. The topological polar surface area (TPSA) is 96.0 Å². The number of amides is 2. The zero-order valence-corrected chi connectivity index (χ0v) is 25.8. The fraction of sp³-hybridized carbons (Fsp3) is 0.333. The molecule has 11 heteroatoms. The van der Waals surface area contributed by atoms with Crippen LogP contribution in [-0.2, 0) is 26.2 Å². The number of carbonyl (C=O) groups excluding carboxylic acids is 2. The summed E-state index contributed by atoms with van der Waals surface area (Å²) in [7, 11) is -4.26. The molecular formula is C30H35Cl2N3O5S. The van der Waals surface area contributed by atoms with Crippen LogP contribution in [-0.4, -0.2) is 50.4 Å². The van der Waals surface area contributed by atoms with Crippen molar-refractivity contribution in [1.29, 1.82) is 0 Å². The molecule has 0 spiro atoms. The standard InChI is InChI=1S/C30H35Cl2N3O5S/c1-5-21(3)33-30(37)22(4)34(19-23-11-13-24(31)14-12-23)29(36)20-35(27-9-7-8-10-28(27)40-6-2)41(38,39)26-17-15-25(32)16-18-26/h7-18,21-22H,5-6,19-20H2,1-4H3,(H,33,37)/t21-,22+/m1/s1. The molecule has 0 saturated carbocycles. The van der Waals surface area contributed by atoms with Crippen LogP contribution in [0.3, 0.4) is 0 Å². The average molecular weight is 621 g/mol. The van der Waals surface area contributed by atoms with E-state index in [0.29, 0.717) is 22.2 Å². The molecule has 8 nitrogen and oxygen atoms in total. The number of nitrogens with one attached hydrogen (secondary N) is 1. The minimum absolute atomic E-state index is 0.0483. The zero-order chi connectivity index (χ0) is 30.2. The molecule has 0 unspecified atom stereocenters. The van der Waals surface area contributed by atoms with Crippen LogP contribution in [0.5, 0.6) is 5.75 Å². The lowest BCUT2D eigenvalue weighted by Crippen LogP contribution is -2.52. The summed E-state index contributed by atoms with van der Waals surface area (Å²) in [5.41, 5.74) is 0.925. The van der Waals surface area contributed by atoms with Crippen molar-refractivity contribution in [3.05, 3.63) is 88.4 Å².